The van der Waals surface area contributed by atoms with Crippen LogP contribution in [0.2, 0.25) is 0 Å². The minimum Gasteiger partial charge on any atom is -0.466 e. The lowest BCUT2D eigenvalue weighted by atomic mass is 9.56. The molecule has 0 bridgehead atoms. The number of nitrogens with zero attached hydrogens (tertiary/aromatic N) is 1. The minimum absolute atomic E-state index is 0.230. The molecule has 23 heavy (non-hydrogen) atoms. The van der Waals surface area contributed by atoms with Gasteiger partial charge in [-0.15, -0.1) is 0 Å². The number of allylic oxidation sites excluding steroid dienone is 1. The Bertz CT molecular complexity index is 601. The zero-order valence-electron chi connectivity index (χ0n) is 13.1. The number of ether oxygens (including phenoxy) is 1. The first-order valence-corrected chi connectivity index (χ1v) is 7.06. The third-order valence-electron chi connectivity index (χ3n) is 4.14. The van der Waals surface area contributed by atoms with E-state index in [0.29, 0.717) is 19.3 Å². The fourth-order valence-corrected chi connectivity index (χ4v) is 2.45. The van der Waals surface area contributed by atoms with Gasteiger partial charge in [0.25, 0.3) is 0 Å². The molecule has 0 radical (unpaired) electrons. The van der Waals surface area contributed by atoms with Crippen LogP contribution in [0.15, 0.2) is 11.6 Å². The van der Waals surface area contributed by atoms with Crippen molar-refractivity contribution in [2.45, 2.75) is 44.9 Å². The van der Waals surface area contributed by atoms with Gasteiger partial charge in [-0.3, -0.25) is 0 Å². The van der Waals surface area contributed by atoms with Gasteiger partial charge in [0.2, 0.25) is 0 Å². The molecule has 0 aliphatic heterocycles. The summed E-state index contributed by atoms with van der Waals surface area (Å²) in [4.78, 5) is 11.1. The number of hydrogen-bond donors (Lipinski definition) is 1. The van der Waals surface area contributed by atoms with Gasteiger partial charge in [-0.1, -0.05) is 25.7 Å². The third-order valence-corrected chi connectivity index (χ3v) is 4.14. The van der Waals surface area contributed by atoms with Crippen LogP contribution in [0, 0.1) is 34.5 Å². The van der Waals surface area contributed by atoms with Gasteiger partial charge >= 0.3 is 12.1 Å². The van der Waals surface area contributed by atoms with Gasteiger partial charge in [-0.25, -0.2) is 4.79 Å². The van der Waals surface area contributed by atoms with Crippen LogP contribution in [-0.4, -0.2) is 30.0 Å². The van der Waals surface area contributed by atoms with E-state index in [9.17, 15) is 28.3 Å². The van der Waals surface area contributed by atoms with Crippen LogP contribution in [0.25, 0.3) is 0 Å². The number of carbonyl (C=O) groups excluding carboxylic acids is 1. The Morgan fingerprint density at radius 2 is 1.96 bits per heavy atom. The summed E-state index contributed by atoms with van der Waals surface area (Å²) in [6.45, 7) is 3.17. The molecule has 1 unspecified atom stereocenters. The Balaban J connectivity index is 3.34. The fraction of sp³-hybridized carbons (Fsp3) is 0.625. The lowest BCUT2D eigenvalue weighted by Crippen LogP contribution is -2.54. The van der Waals surface area contributed by atoms with Gasteiger partial charge < -0.3 is 9.84 Å². The van der Waals surface area contributed by atoms with Gasteiger partial charge in [-0.2, -0.15) is 18.4 Å². The van der Waals surface area contributed by atoms with Crippen LogP contribution < -0.4 is 0 Å². The summed E-state index contributed by atoms with van der Waals surface area (Å²) in [5, 5.41) is 20.1. The summed E-state index contributed by atoms with van der Waals surface area (Å²) in [5.74, 6) is 2.30. The molecule has 1 N–H and O–H groups in total. The Kier molecular flexibility index (Phi) is 5.50. The largest absolute Gasteiger partial charge is 0.466 e. The van der Waals surface area contributed by atoms with Crippen LogP contribution in [0.4, 0.5) is 13.2 Å². The number of hydrogen-bond acceptors (Lipinski definition) is 4. The predicted octanol–water partition coefficient (Wildman–Crippen LogP) is 2.73. The molecule has 1 aliphatic rings. The summed E-state index contributed by atoms with van der Waals surface area (Å²) in [5.41, 5.74) is -4.49. The van der Waals surface area contributed by atoms with Gasteiger partial charge in [0.1, 0.15) is 11.2 Å². The second-order valence-corrected chi connectivity index (χ2v) is 5.80. The molecule has 126 valence electrons. The lowest BCUT2D eigenvalue weighted by molar-refractivity contribution is -0.135. The second-order valence-electron chi connectivity index (χ2n) is 5.80. The van der Waals surface area contributed by atoms with Gasteiger partial charge in [0.15, 0.2) is 0 Å². The molecule has 0 aromatic carbocycles. The van der Waals surface area contributed by atoms with E-state index in [1.165, 1.54) is 0 Å². The normalized spacial score (nSPS) is 19.7. The molecule has 0 heterocycles. The first-order chi connectivity index (χ1) is 10.5. The van der Waals surface area contributed by atoms with Crippen molar-refractivity contribution in [1.29, 1.82) is 5.26 Å². The average molecular weight is 329 g/mol. The molecule has 0 aromatic heterocycles. The van der Waals surface area contributed by atoms with Gasteiger partial charge in [0, 0.05) is 6.08 Å². The molecule has 1 fully saturated rings. The highest BCUT2D eigenvalue weighted by Crippen LogP contribution is 2.51. The van der Waals surface area contributed by atoms with Crippen LogP contribution in [0.1, 0.15) is 33.1 Å². The number of nitriles is 1. The quantitative estimate of drug-likeness (QED) is 0.491. The van der Waals surface area contributed by atoms with Gasteiger partial charge in [0.05, 0.1) is 18.6 Å². The molecule has 1 atom stereocenters. The van der Waals surface area contributed by atoms with Crippen molar-refractivity contribution in [3.05, 3.63) is 11.6 Å². The zero-order chi connectivity index (χ0) is 17.9. The Labute approximate surface area is 132 Å². The van der Waals surface area contributed by atoms with E-state index in [4.69, 9.17) is 0 Å². The first-order valence-electron chi connectivity index (χ1n) is 7.06. The third kappa shape index (κ3) is 3.68. The Hall–Kier alpha value is -1.99. The monoisotopic (exact) mass is 329 g/mol. The highest BCUT2D eigenvalue weighted by molar-refractivity contribution is 5.84. The molecule has 4 nitrogen and oxygen atoms in total. The predicted molar refractivity (Wildman–Crippen MR) is 75.6 cm³/mol. The average Bonchev–Trinajstić information content (AvgIpc) is 2.40. The smallest absolute Gasteiger partial charge is 0.424 e. The summed E-state index contributed by atoms with van der Waals surface area (Å²) < 4.78 is 43.0. The fourth-order valence-electron chi connectivity index (χ4n) is 2.45. The summed E-state index contributed by atoms with van der Waals surface area (Å²) in [6.07, 6.45) is -3.19. The minimum atomic E-state index is -4.86. The Morgan fingerprint density at radius 3 is 2.26 bits per heavy atom. The van der Waals surface area contributed by atoms with E-state index >= 15 is 0 Å². The van der Waals surface area contributed by atoms with Crippen molar-refractivity contribution in [3.63, 3.8) is 0 Å². The van der Waals surface area contributed by atoms with Crippen LogP contribution in [-0.2, 0) is 9.53 Å². The van der Waals surface area contributed by atoms with E-state index in [2.05, 4.69) is 10.7 Å². The van der Waals surface area contributed by atoms with Crippen molar-refractivity contribution in [3.8, 4) is 17.9 Å². The van der Waals surface area contributed by atoms with Crippen LogP contribution >= 0.6 is 0 Å². The van der Waals surface area contributed by atoms with E-state index in [1.54, 1.807) is 13.8 Å². The van der Waals surface area contributed by atoms with Crippen molar-refractivity contribution >= 4 is 5.97 Å². The number of esters is 1. The number of halogens is 3. The van der Waals surface area contributed by atoms with Crippen molar-refractivity contribution in [2.24, 2.45) is 11.3 Å². The Morgan fingerprint density at radius 1 is 1.39 bits per heavy atom. The summed E-state index contributed by atoms with van der Waals surface area (Å²) in [7, 11) is 0.948. The topological polar surface area (TPSA) is 70.3 Å². The number of methoxy groups -OCH3 is 1. The van der Waals surface area contributed by atoms with E-state index in [0.717, 1.165) is 7.11 Å². The summed E-state index contributed by atoms with van der Waals surface area (Å²) >= 11 is 0. The molecule has 0 saturated heterocycles. The van der Waals surface area contributed by atoms with Crippen LogP contribution in [0.3, 0.4) is 0 Å². The van der Waals surface area contributed by atoms with Crippen LogP contribution in [0.5, 0.6) is 0 Å². The van der Waals surface area contributed by atoms with E-state index in [-0.39, 0.29) is 6.08 Å². The number of rotatable bonds is 3. The molecule has 7 heteroatoms. The molecular weight excluding hydrogens is 311 g/mol. The maximum atomic E-state index is 12.9. The highest BCUT2D eigenvalue weighted by Gasteiger charge is 2.56. The van der Waals surface area contributed by atoms with Gasteiger partial charge in [-0.05, 0) is 25.2 Å². The summed E-state index contributed by atoms with van der Waals surface area (Å²) in [6, 6.07) is 2.01. The second kappa shape index (κ2) is 6.64. The standard InChI is InChI=1S/C16H18F3NO3/c1-11(2)15(22,14(10-20)6-4-7-14)8-5-12(16(17,18)19)9-13(21)23-3/h9,11,22H,4,6-7H2,1-3H3/b12-9-. The first kappa shape index (κ1) is 19.1. The van der Waals surface area contributed by atoms with E-state index in [1.807, 2.05) is 12.0 Å². The molecule has 1 saturated carbocycles. The molecule has 0 spiro atoms. The van der Waals surface area contributed by atoms with Crippen molar-refractivity contribution < 1.29 is 27.8 Å². The maximum Gasteiger partial charge on any atom is 0.424 e. The number of aliphatic hydroxyl groups is 1. The number of alkyl halides is 3. The molecule has 0 aromatic rings. The number of carbonyl (C=O) groups is 1. The SMILES string of the molecule is COC(=O)/C=C(/C#CC(O)(C(C)C)C1(C#N)CCC1)C(F)(F)F. The molecule has 1 rings (SSSR count). The molecule has 1 aliphatic carbocycles. The van der Waals surface area contributed by atoms with Crippen molar-refractivity contribution in [1.82, 2.24) is 0 Å². The molecular formula is C16H18F3NO3. The zero-order valence-corrected chi connectivity index (χ0v) is 13.1. The highest BCUT2D eigenvalue weighted by atomic mass is 19.4. The maximum absolute atomic E-state index is 12.9. The molecule has 0 amide bonds. The van der Waals surface area contributed by atoms with Crippen molar-refractivity contribution in [2.75, 3.05) is 7.11 Å². The van der Waals surface area contributed by atoms with E-state index < -0.39 is 34.7 Å². The lowest BCUT2D eigenvalue weighted by Gasteiger charge is -2.47.